The van der Waals surface area contributed by atoms with Crippen molar-refractivity contribution >= 4 is 23.4 Å². The summed E-state index contributed by atoms with van der Waals surface area (Å²) in [6.45, 7) is 2.31. The van der Waals surface area contributed by atoms with Crippen LogP contribution in [0.15, 0.2) is 67.0 Å². The fraction of sp³-hybridized carbons (Fsp3) is 0.250. The van der Waals surface area contributed by atoms with Crippen LogP contribution in [0.1, 0.15) is 24.5 Å². The number of hydrogen-bond acceptors (Lipinski definition) is 6. The lowest BCUT2D eigenvalue weighted by Crippen LogP contribution is -2.45. The first kappa shape index (κ1) is 21.5. The van der Waals surface area contributed by atoms with E-state index in [-0.39, 0.29) is 12.5 Å². The van der Waals surface area contributed by atoms with Crippen molar-refractivity contribution in [2.75, 3.05) is 19.6 Å². The van der Waals surface area contributed by atoms with E-state index in [4.69, 9.17) is 0 Å². The summed E-state index contributed by atoms with van der Waals surface area (Å²) < 4.78 is 1.46. The Labute approximate surface area is 195 Å². The smallest absolute Gasteiger partial charge is 0.325 e. The van der Waals surface area contributed by atoms with Gasteiger partial charge in [0.2, 0.25) is 5.91 Å². The molecule has 1 atom stereocenters. The molecule has 0 radical (unpaired) electrons. The zero-order valence-corrected chi connectivity index (χ0v) is 18.6. The van der Waals surface area contributed by atoms with E-state index in [0.717, 1.165) is 16.9 Å². The van der Waals surface area contributed by atoms with Crippen molar-refractivity contribution in [3.8, 4) is 5.69 Å². The van der Waals surface area contributed by atoms with E-state index < -0.39 is 17.5 Å². The van der Waals surface area contributed by atoms with Crippen molar-refractivity contribution in [3.63, 3.8) is 0 Å². The van der Waals surface area contributed by atoms with Gasteiger partial charge in [0.1, 0.15) is 18.4 Å². The first-order valence-corrected chi connectivity index (χ1v) is 11.0. The number of urea groups is 1. The van der Waals surface area contributed by atoms with Crippen molar-refractivity contribution in [1.29, 1.82) is 0 Å². The van der Waals surface area contributed by atoms with Gasteiger partial charge in [0.15, 0.2) is 0 Å². The molecule has 2 aromatic carbocycles. The Hall–Kier alpha value is -4.34. The Balaban J connectivity index is 1.29. The molecule has 2 aliphatic heterocycles. The van der Waals surface area contributed by atoms with Crippen molar-refractivity contribution in [2.45, 2.75) is 18.9 Å². The molecule has 1 aromatic heterocycles. The fourth-order valence-electron chi connectivity index (χ4n) is 4.32. The number of carbonyl (C=O) groups is 3. The summed E-state index contributed by atoms with van der Waals surface area (Å²) in [5.74, 6) is -0.740. The second-order valence-corrected chi connectivity index (χ2v) is 8.44. The lowest BCUT2D eigenvalue weighted by atomic mass is 9.91. The van der Waals surface area contributed by atoms with Gasteiger partial charge in [-0.1, -0.05) is 48.5 Å². The van der Waals surface area contributed by atoms with Crippen LogP contribution in [0.4, 0.5) is 4.79 Å². The highest BCUT2D eigenvalue weighted by Gasteiger charge is 2.49. The molecule has 5 rings (SSSR count). The molecule has 34 heavy (non-hydrogen) atoms. The van der Waals surface area contributed by atoms with Crippen molar-refractivity contribution in [1.82, 2.24) is 35.3 Å². The third kappa shape index (κ3) is 3.83. The molecule has 1 unspecified atom stereocenters. The number of carbonyl (C=O) groups excluding carboxylic acids is 3. The standard InChI is InChI=1S/C24H23N7O3/c1-24(19-8-5-9-20(14-19)31-16-25-27-28-31)22(33)30(23(34)26-24)15-21(32)29-12-10-18(11-13-29)17-6-3-2-4-7-17/h2-10,14,16H,11-13,15H2,1H3,(H,26,34). The minimum atomic E-state index is -1.30. The summed E-state index contributed by atoms with van der Waals surface area (Å²) >= 11 is 0. The van der Waals surface area contributed by atoms with Gasteiger partial charge >= 0.3 is 6.03 Å². The Kier molecular flexibility index (Phi) is 5.40. The second kappa shape index (κ2) is 8.54. The van der Waals surface area contributed by atoms with Crippen LogP contribution >= 0.6 is 0 Å². The van der Waals surface area contributed by atoms with Gasteiger partial charge in [0, 0.05) is 13.1 Å². The number of hydrogen-bond donors (Lipinski definition) is 1. The first-order chi connectivity index (χ1) is 16.5. The Morgan fingerprint density at radius 2 is 1.94 bits per heavy atom. The molecule has 10 nitrogen and oxygen atoms in total. The maximum atomic E-state index is 13.3. The topological polar surface area (TPSA) is 113 Å². The van der Waals surface area contributed by atoms with E-state index in [1.807, 2.05) is 36.4 Å². The summed E-state index contributed by atoms with van der Waals surface area (Å²) in [4.78, 5) is 41.6. The Morgan fingerprint density at radius 3 is 2.65 bits per heavy atom. The SMILES string of the molecule is CC1(c2cccc(-n3cnnn3)c2)NC(=O)N(CC(=O)N2CC=C(c3ccccc3)CC2)C1=O. The number of amides is 4. The highest BCUT2D eigenvalue weighted by Crippen LogP contribution is 2.30. The maximum Gasteiger partial charge on any atom is 0.325 e. The fourth-order valence-corrected chi connectivity index (χ4v) is 4.32. The first-order valence-electron chi connectivity index (χ1n) is 11.0. The summed E-state index contributed by atoms with van der Waals surface area (Å²) in [6, 6.07) is 16.5. The van der Waals surface area contributed by atoms with Crippen LogP contribution in [0.2, 0.25) is 0 Å². The molecule has 4 amide bonds. The van der Waals surface area contributed by atoms with Crippen LogP contribution < -0.4 is 5.32 Å². The van der Waals surface area contributed by atoms with Gasteiger partial charge in [-0.3, -0.25) is 14.5 Å². The molecule has 1 saturated heterocycles. The minimum absolute atomic E-state index is 0.265. The molecule has 2 aliphatic rings. The molecular weight excluding hydrogens is 434 g/mol. The molecule has 10 heteroatoms. The summed E-state index contributed by atoms with van der Waals surface area (Å²) in [5.41, 5.74) is 2.25. The molecule has 3 aromatic rings. The summed E-state index contributed by atoms with van der Waals surface area (Å²) in [7, 11) is 0. The van der Waals surface area contributed by atoms with Gasteiger partial charge in [0.25, 0.3) is 5.91 Å². The number of rotatable bonds is 5. The van der Waals surface area contributed by atoms with E-state index >= 15 is 0 Å². The molecular formula is C24H23N7O3. The third-order valence-electron chi connectivity index (χ3n) is 6.31. The highest BCUT2D eigenvalue weighted by atomic mass is 16.2. The number of nitrogens with zero attached hydrogens (tertiary/aromatic N) is 6. The van der Waals surface area contributed by atoms with E-state index in [9.17, 15) is 14.4 Å². The van der Waals surface area contributed by atoms with Crippen LogP contribution in [0, 0.1) is 0 Å². The number of aromatic nitrogens is 4. The van der Waals surface area contributed by atoms with Gasteiger partial charge in [-0.2, -0.15) is 0 Å². The van der Waals surface area contributed by atoms with Gasteiger partial charge in [-0.25, -0.2) is 9.48 Å². The van der Waals surface area contributed by atoms with Crippen molar-refractivity contribution in [3.05, 3.63) is 78.1 Å². The van der Waals surface area contributed by atoms with Crippen LogP contribution in [-0.2, 0) is 15.1 Å². The summed E-state index contributed by atoms with van der Waals surface area (Å²) in [5, 5.41) is 13.9. The van der Waals surface area contributed by atoms with Crippen molar-refractivity contribution < 1.29 is 14.4 Å². The average Bonchev–Trinajstić information content (AvgIpc) is 3.49. The lowest BCUT2D eigenvalue weighted by molar-refractivity contribution is -0.138. The predicted molar refractivity (Wildman–Crippen MR) is 122 cm³/mol. The second-order valence-electron chi connectivity index (χ2n) is 8.44. The van der Waals surface area contributed by atoms with Gasteiger partial charge in [-0.05, 0) is 52.6 Å². The lowest BCUT2D eigenvalue weighted by Gasteiger charge is -2.28. The van der Waals surface area contributed by atoms with E-state index in [0.29, 0.717) is 24.3 Å². The van der Waals surface area contributed by atoms with Crippen LogP contribution in [0.25, 0.3) is 11.3 Å². The van der Waals surface area contributed by atoms with Crippen LogP contribution in [-0.4, -0.2) is 67.5 Å². The van der Waals surface area contributed by atoms with Crippen LogP contribution in [0.3, 0.4) is 0 Å². The molecule has 1 N–H and O–H groups in total. The minimum Gasteiger partial charge on any atom is -0.337 e. The number of nitrogens with one attached hydrogen (secondary N) is 1. The molecule has 0 saturated carbocycles. The summed E-state index contributed by atoms with van der Waals surface area (Å²) in [6.07, 6.45) is 4.19. The third-order valence-corrected chi connectivity index (χ3v) is 6.31. The average molecular weight is 457 g/mol. The normalized spacial score (nSPS) is 20.3. The number of benzene rings is 2. The zero-order chi connectivity index (χ0) is 23.7. The monoisotopic (exact) mass is 457 g/mol. The molecule has 0 spiro atoms. The molecule has 3 heterocycles. The van der Waals surface area contributed by atoms with E-state index in [2.05, 4.69) is 20.8 Å². The largest absolute Gasteiger partial charge is 0.337 e. The Bertz CT molecular complexity index is 1270. The molecule has 1 fully saturated rings. The van der Waals surface area contributed by atoms with Crippen LogP contribution in [0.5, 0.6) is 0 Å². The van der Waals surface area contributed by atoms with Crippen molar-refractivity contribution in [2.24, 2.45) is 0 Å². The Morgan fingerprint density at radius 1 is 1.12 bits per heavy atom. The number of imide groups is 1. The van der Waals surface area contributed by atoms with Gasteiger partial charge in [0.05, 0.1) is 5.69 Å². The van der Waals surface area contributed by atoms with E-state index in [1.165, 1.54) is 16.6 Å². The molecule has 172 valence electrons. The zero-order valence-electron chi connectivity index (χ0n) is 18.6. The van der Waals surface area contributed by atoms with Gasteiger partial charge < -0.3 is 10.2 Å². The maximum absolute atomic E-state index is 13.3. The van der Waals surface area contributed by atoms with Gasteiger partial charge in [-0.15, -0.1) is 5.10 Å². The predicted octanol–water partition coefficient (Wildman–Crippen LogP) is 1.75. The highest BCUT2D eigenvalue weighted by molar-refractivity contribution is 6.09. The number of tetrazole rings is 1. The van der Waals surface area contributed by atoms with E-state index in [1.54, 1.807) is 36.1 Å². The molecule has 0 bridgehead atoms. The quantitative estimate of drug-likeness (QED) is 0.584. The molecule has 0 aliphatic carbocycles.